The van der Waals surface area contributed by atoms with E-state index in [1.54, 1.807) is 14.2 Å². The highest BCUT2D eigenvalue weighted by Crippen LogP contribution is 2.28. The average molecular weight is 325 g/mol. The third-order valence-corrected chi connectivity index (χ3v) is 4.08. The minimum absolute atomic E-state index is 0.653. The van der Waals surface area contributed by atoms with Crippen LogP contribution in [0.5, 0.6) is 17.2 Å². The fourth-order valence-corrected chi connectivity index (χ4v) is 2.78. The SMILES string of the molecule is COc1ccc(CCNCC2=Cc3ccccc3OC2)cc1OC. The maximum absolute atomic E-state index is 5.77. The molecule has 0 saturated heterocycles. The summed E-state index contributed by atoms with van der Waals surface area (Å²) in [6.07, 6.45) is 3.15. The molecule has 0 aliphatic carbocycles. The van der Waals surface area contributed by atoms with Gasteiger partial charge in [-0.25, -0.2) is 0 Å². The van der Waals surface area contributed by atoms with E-state index in [1.165, 1.54) is 11.1 Å². The molecule has 126 valence electrons. The van der Waals surface area contributed by atoms with Crippen molar-refractivity contribution in [1.29, 1.82) is 0 Å². The summed E-state index contributed by atoms with van der Waals surface area (Å²) in [6, 6.07) is 14.2. The molecule has 1 N–H and O–H groups in total. The Morgan fingerprint density at radius 3 is 2.71 bits per heavy atom. The van der Waals surface area contributed by atoms with Crippen molar-refractivity contribution in [2.24, 2.45) is 0 Å². The third-order valence-electron chi connectivity index (χ3n) is 4.08. The van der Waals surface area contributed by atoms with Crippen molar-refractivity contribution in [2.75, 3.05) is 33.9 Å². The van der Waals surface area contributed by atoms with Gasteiger partial charge in [-0.1, -0.05) is 24.3 Å². The van der Waals surface area contributed by atoms with Crippen LogP contribution in [0.15, 0.2) is 48.0 Å². The van der Waals surface area contributed by atoms with Crippen molar-refractivity contribution in [1.82, 2.24) is 5.32 Å². The number of benzene rings is 2. The predicted octanol–water partition coefficient (Wildman–Crippen LogP) is 3.31. The van der Waals surface area contributed by atoms with Crippen LogP contribution in [0.25, 0.3) is 6.08 Å². The smallest absolute Gasteiger partial charge is 0.160 e. The van der Waals surface area contributed by atoms with E-state index in [1.807, 2.05) is 30.3 Å². The van der Waals surface area contributed by atoms with Crippen LogP contribution in [0.2, 0.25) is 0 Å². The van der Waals surface area contributed by atoms with Crippen LogP contribution in [0.1, 0.15) is 11.1 Å². The Hall–Kier alpha value is -2.46. The maximum Gasteiger partial charge on any atom is 0.160 e. The molecule has 1 aliphatic rings. The van der Waals surface area contributed by atoms with Crippen LogP contribution in [0, 0.1) is 0 Å². The molecule has 1 aliphatic heterocycles. The van der Waals surface area contributed by atoms with Crippen LogP contribution in [0.3, 0.4) is 0 Å². The highest BCUT2D eigenvalue weighted by Gasteiger charge is 2.10. The molecule has 24 heavy (non-hydrogen) atoms. The zero-order chi connectivity index (χ0) is 16.8. The molecule has 0 atom stereocenters. The molecule has 0 unspecified atom stereocenters. The van der Waals surface area contributed by atoms with Gasteiger partial charge in [0.1, 0.15) is 12.4 Å². The Morgan fingerprint density at radius 1 is 1.04 bits per heavy atom. The zero-order valence-corrected chi connectivity index (χ0v) is 14.2. The van der Waals surface area contributed by atoms with Gasteiger partial charge in [0, 0.05) is 12.1 Å². The van der Waals surface area contributed by atoms with Crippen LogP contribution in [-0.2, 0) is 6.42 Å². The Kier molecular flexibility index (Phi) is 5.39. The van der Waals surface area contributed by atoms with Gasteiger partial charge in [0.2, 0.25) is 0 Å². The largest absolute Gasteiger partial charge is 0.493 e. The van der Waals surface area contributed by atoms with Crippen LogP contribution in [-0.4, -0.2) is 33.9 Å². The zero-order valence-electron chi connectivity index (χ0n) is 14.2. The van der Waals surface area contributed by atoms with Crippen LogP contribution < -0.4 is 19.5 Å². The van der Waals surface area contributed by atoms with Gasteiger partial charge in [-0.05, 0) is 48.4 Å². The van der Waals surface area contributed by atoms with Gasteiger partial charge in [0.15, 0.2) is 11.5 Å². The van der Waals surface area contributed by atoms with Gasteiger partial charge in [0.05, 0.1) is 14.2 Å². The molecule has 0 fully saturated rings. The summed E-state index contributed by atoms with van der Waals surface area (Å²) in [5.74, 6) is 2.50. The Labute approximate surface area is 143 Å². The fraction of sp³-hybridized carbons (Fsp3) is 0.300. The minimum Gasteiger partial charge on any atom is -0.493 e. The van der Waals surface area contributed by atoms with Gasteiger partial charge in [0.25, 0.3) is 0 Å². The van der Waals surface area contributed by atoms with E-state index in [0.717, 1.165) is 42.3 Å². The van der Waals surface area contributed by atoms with Crippen molar-refractivity contribution in [3.8, 4) is 17.2 Å². The lowest BCUT2D eigenvalue weighted by Crippen LogP contribution is -2.23. The summed E-state index contributed by atoms with van der Waals surface area (Å²) in [5, 5.41) is 3.48. The van der Waals surface area contributed by atoms with Crippen molar-refractivity contribution in [3.63, 3.8) is 0 Å². The number of para-hydroxylation sites is 1. The maximum atomic E-state index is 5.77. The first-order valence-corrected chi connectivity index (χ1v) is 8.13. The molecular formula is C20H23NO3. The highest BCUT2D eigenvalue weighted by atomic mass is 16.5. The molecule has 0 bridgehead atoms. The number of ether oxygens (including phenoxy) is 3. The lowest BCUT2D eigenvalue weighted by atomic mass is 10.1. The highest BCUT2D eigenvalue weighted by molar-refractivity contribution is 5.62. The minimum atomic E-state index is 0.653. The molecule has 0 saturated carbocycles. The third kappa shape index (κ3) is 3.89. The standard InChI is InChI=1S/C20H23NO3/c1-22-19-8-7-15(12-20(19)23-2)9-10-21-13-16-11-17-5-3-4-6-18(17)24-14-16/h3-8,11-12,21H,9-10,13-14H2,1-2H3. The molecule has 4 nitrogen and oxygen atoms in total. The normalized spacial score (nSPS) is 12.8. The van der Waals surface area contributed by atoms with Gasteiger partial charge < -0.3 is 19.5 Å². The Morgan fingerprint density at radius 2 is 1.88 bits per heavy atom. The monoisotopic (exact) mass is 325 g/mol. The van der Waals surface area contributed by atoms with Crippen molar-refractivity contribution < 1.29 is 14.2 Å². The van der Waals surface area contributed by atoms with Crippen molar-refractivity contribution >= 4 is 6.08 Å². The molecule has 0 amide bonds. The summed E-state index contributed by atoms with van der Waals surface area (Å²) in [4.78, 5) is 0. The molecule has 0 aromatic heterocycles. The van der Waals surface area contributed by atoms with E-state index in [2.05, 4.69) is 23.5 Å². The lowest BCUT2D eigenvalue weighted by Gasteiger charge is -2.18. The van der Waals surface area contributed by atoms with Crippen LogP contribution in [0.4, 0.5) is 0 Å². The van der Waals surface area contributed by atoms with Crippen LogP contribution >= 0.6 is 0 Å². The second-order valence-corrected chi connectivity index (χ2v) is 5.75. The van der Waals surface area contributed by atoms with E-state index in [9.17, 15) is 0 Å². The van der Waals surface area contributed by atoms with Gasteiger partial charge >= 0.3 is 0 Å². The quantitative estimate of drug-likeness (QED) is 0.793. The van der Waals surface area contributed by atoms with Gasteiger partial charge in [-0.15, -0.1) is 0 Å². The van der Waals surface area contributed by atoms with E-state index >= 15 is 0 Å². The second-order valence-electron chi connectivity index (χ2n) is 5.75. The first kappa shape index (κ1) is 16.4. The van der Waals surface area contributed by atoms with E-state index in [-0.39, 0.29) is 0 Å². The molecule has 0 radical (unpaired) electrons. The van der Waals surface area contributed by atoms with Crippen molar-refractivity contribution in [3.05, 3.63) is 59.2 Å². The molecule has 4 heteroatoms. The molecule has 2 aromatic rings. The lowest BCUT2D eigenvalue weighted by molar-refractivity contribution is 0.343. The molecule has 3 rings (SSSR count). The summed E-state index contributed by atoms with van der Waals surface area (Å²) < 4.78 is 16.4. The average Bonchev–Trinajstić information content (AvgIpc) is 2.65. The van der Waals surface area contributed by atoms with Gasteiger partial charge in [-0.2, -0.15) is 0 Å². The summed E-state index contributed by atoms with van der Waals surface area (Å²) in [7, 11) is 3.31. The first-order valence-electron chi connectivity index (χ1n) is 8.13. The number of rotatable bonds is 7. The fourth-order valence-electron chi connectivity index (χ4n) is 2.78. The Balaban J connectivity index is 1.50. The van der Waals surface area contributed by atoms with E-state index < -0.39 is 0 Å². The van der Waals surface area contributed by atoms with Crippen molar-refractivity contribution in [2.45, 2.75) is 6.42 Å². The molecule has 1 heterocycles. The number of hydrogen-bond donors (Lipinski definition) is 1. The first-order chi connectivity index (χ1) is 11.8. The molecular weight excluding hydrogens is 302 g/mol. The number of fused-ring (bicyclic) bond motifs is 1. The molecule has 0 spiro atoms. The summed E-state index contributed by atoms with van der Waals surface area (Å²) in [6.45, 7) is 2.39. The summed E-state index contributed by atoms with van der Waals surface area (Å²) >= 11 is 0. The molecule has 2 aromatic carbocycles. The predicted molar refractivity (Wildman–Crippen MR) is 96.0 cm³/mol. The number of methoxy groups -OCH3 is 2. The Bertz CT molecular complexity index is 725. The van der Waals surface area contributed by atoms with E-state index in [4.69, 9.17) is 14.2 Å². The topological polar surface area (TPSA) is 39.7 Å². The number of hydrogen-bond acceptors (Lipinski definition) is 4. The van der Waals surface area contributed by atoms with E-state index in [0.29, 0.717) is 6.61 Å². The number of nitrogens with one attached hydrogen (secondary N) is 1. The van der Waals surface area contributed by atoms with Gasteiger partial charge in [-0.3, -0.25) is 0 Å². The summed E-state index contributed by atoms with van der Waals surface area (Å²) in [5.41, 5.74) is 3.64. The second kappa shape index (κ2) is 7.88.